The fourth-order valence-corrected chi connectivity index (χ4v) is 10.6. The summed E-state index contributed by atoms with van der Waals surface area (Å²) >= 11 is 0. The normalized spacial score (nSPS) is 61.5. The first-order chi connectivity index (χ1) is 14.7. The van der Waals surface area contributed by atoms with Crippen molar-refractivity contribution in [2.24, 2.45) is 52.8 Å². The van der Waals surface area contributed by atoms with Gasteiger partial charge in [-0.2, -0.15) is 0 Å². The number of rotatable bonds is 0. The number of fused-ring (bicyclic) bond motifs is 8. The predicted molar refractivity (Wildman–Crippen MR) is 121 cm³/mol. The Hall–Kier alpha value is -0.160. The van der Waals surface area contributed by atoms with E-state index in [0.717, 1.165) is 50.5 Å². The molecule has 2 saturated heterocycles. The molecule has 176 valence electrons. The maximum Gasteiger partial charge on any atom is 0.0805 e. The minimum absolute atomic E-state index is 0.188. The van der Waals surface area contributed by atoms with Gasteiger partial charge in [-0.1, -0.05) is 13.8 Å². The predicted octanol–water partition coefficient (Wildman–Crippen LogP) is 3.68. The summed E-state index contributed by atoms with van der Waals surface area (Å²) in [6.07, 6.45) is 9.43. The van der Waals surface area contributed by atoms with Crippen molar-refractivity contribution in [3.05, 3.63) is 0 Å². The summed E-state index contributed by atoms with van der Waals surface area (Å²) in [4.78, 5) is 2.68. The van der Waals surface area contributed by atoms with Crippen LogP contribution in [0, 0.1) is 52.8 Å². The molecule has 4 saturated carbocycles. The molecular weight excluding hydrogens is 386 g/mol. The molecule has 0 radical (unpaired) electrons. The van der Waals surface area contributed by atoms with Gasteiger partial charge >= 0.3 is 0 Å². The Kier molecular flexibility index (Phi) is 4.94. The second-order valence-corrected chi connectivity index (χ2v) is 13.4. The summed E-state index contributed by atoms with van der Waals surface area (Å²) in [5.41, 5.74) is -0.365. The van der Waals surface area contributed by atoms with Crippen molar-refractivity contribution in [3.63, 3.8) is 0 Å². The molecule has 4 heteroatoms. The van der Waals surface area contributed by atoms with Crippen LogP contribution in [0.15, 0.2) is 0 Å². The van der Waals surface area contributed by atoms with Gasteiger partial charge in [0.1, 0.15) is 0 Å². The average Bonchev–Trinajstić information content (AvgIpc) is 3.09. The van der Waals surface area contributed by atoms with Gasteiger partial charge in [0.05, 0.1) is 17.8 Å². The number of aliphatic hydroxyl groups is 3. The summed E-state index contributed by atoms with van der Waals surface area (Å²) in [7, 11) is 0. The van der Waals surface area contributed by atoms with E-state index in [2.05, 4.69) is 25.7 Å². The topological polar surface area (TPSA) is 63.9 Å². The monoisotopic (exact) mass is 431 g/mol. The summed E-state index contributed by atoms with van der Waals surface area (Å²) in [6.45, 7) is 9.36. The Morgan fingerprint density at radius 1 is 0.742 bits per heavy atom. The largest absolute Gasteiger partial charge is 0.393 e. The summed E-state index contributed by atoms with van der Waals surface area (Å²) in [5.74, 6) is 4.89. The quantitative estimate of drug-likeness (QED) is 0.547. The lowest BCUT2D eigenvalue weighted by Crippen LogP contribution is -2.67. The fourth-order valence-electron chi connectivity index (χ4n) is 10.6. The third kappa shape index (κ3) is 3.00. The molecule has 0 aromatic heterocycles. The third-order valence-corrected chi connectivity index (χ3v) is 12.0. The van der Waals surface area contributed by atoms with E-state index in [1.807, 2.05) is 0 Å². The molecule has 4 aliphatic carbocycles. The van der Waals surface area contributed by atoms with Crippen LogP contribution in [-0.2, 0) is 0 Å². The van der Waals surface area contributed by atoms with Gasteiger partial charge in [-0.15, -0.1) is 0 Å². The van der Waals surface area contributed by atoms with E-state index in [4.69, 9.17) is 0 Å². The Labute approximate surface area is 188 Å². The molecule has 0 unspecified atom stereocenters. The highest BCUT2D eigenvalue weighted by atomic mass is 16.3. The van der Waals surface area contributed by atoms with E-state index >= 15 is 0 Å². The van der Waals surface area contributed by atoms with Crippen LogP contribution in [0.4, 0.5) is 0 Å². The third-order valence-electron chi connectivity index (χ3n) is 12.0. The van der Waals surface area contributed by atoms with Crippen molar-refractivity contribution in [1.82, 2.24) is 4.90 Å². The first kappa shape index (κ1) is 21.4. The van der Waals surface area contributed by atoms with Crippen molar-refractivity contribution in [1.29, 1.82) is 0 Å². The number of piperidine rings is 2. The molecule has 6 aliphatic rings. The molecule has 2 heterocycles. The lowest BCUT2D eigenvalue weighted by molar-refractivity contribution is -0.176. The number of nitrogens with zero attached hydrogens (tertiary/aromatic N) is 1. The molecule has 13 atom stereocenters. The summed E-state index contributed by atoms with van der Waals surface area (Å²) < 4.78 is 0. The summed E-state index contributed by atoms with van der Waals surface area (Å²) in [5, 5.41) is 33.3. The van der Waals surface area contributed by atoms with E-state index in [-0.39, 0.29) is 23.5 Å². The second-order valence-electron chi connectivity index (χ2n) is 13.4. The van der Waals surface area contributed by atoms with Gasteiger partial charge in [-0.25, -0.2) is 0 Å². The van der Waals surface area contributed by atoms with Gasteiger partial charge in [0.2, 0.25) is 0 Å². The summed E-state index contributed by atoms with van der Waals surface area (Å²) in [6, 6.07) is 0.355. The van der Waals surface area contributed by atoms with Crippen LogP contribution >= 0.6 is 0 Å². The maximum atomic E-state index is 11.8. The van der Waals surface area contributed by atoms with E-state index < -0.39 is 5.60 Å². The lowest BCUT2D eigenvalue weighted by atomic mass is 9.51. The Bertz CT molecular complexity index is 711. The first-order valence-electron chi connectivity index (χ1n) is 13.5. The molecule has 6 rings (SSSR count). The lowest BCUT2D eigenvalue weighted by Gasteiger charge is -2.60. The molecule has 4 nitrogen and oxygen atoms in total. The van der Waals surface area contributed by atoms with Crippen LogP contribution in [-0.4, -0.2) is 57.2 Å². The van der Waals surface area contributed by atoms with Crippen molar-refractivity contribution >= 4 is 0 Å². The Balaban J connectivity index is 1.30. The van der Waals surface area contributed by atoms with E-state index in [1.54, 1.807) is 0 Å². The molecule has 6 fully saturated rings. The van der Waals surface area contributed by atoms with Gasteiger partial charge < -0.3 is 15.3 Å². The van der Waals surface area contributed by atoms with Crippen molar-refractivity contribution in [2.45, 2.75) is 102 Å². The average molecular weight is 432 g/mol. The smallest absolute Gasteiger partial charge is 0.0805 e. The first-order valence-corrected chi connectivity index (χ1v) is 13.5. The minimum Gasteiger partial charge on any atom is -0.393 e. The van der Waals surface area contributed by atoms with Crippen molar-refractivity contribution in [2.75, 3.05) is 13.1 Å². The van der Waals surface area contributed by atoms with Gasteiger partial charge in [0, 0.05) is 19.1 Å². The van der Waals surface area contributed by atoms with Crippen LogP contribution in [0.1, 0.15) is 78.6 Å². The standard InChI is InChI=1S/C27H45NO3/c1-15-4-7-25-27(3,31)21-6-5-17-18(20(21)14-28(25)13-15)11-22-19(17)12-24(30)23-10-16(29)8-9-26(22,23)2/h15-25,29-31H,4-14H2,1-3H3/t15-,16+,17+,18-,19+,20+,21+,22-,23-,24+,25+,26-,27+/m1/s1. The van der Waals surface area contributed by atoms with Gasteiger partial charge in [0.25, 0.3) is 0 Å². The van der Waals surface area contributed by atoms with Gasteiger partial charge in [-0.05, 0) is 117 Å². The maximum absolute atomic E-state index is 11.8. The highest BCUT2D eigenvalue weighted by Crippen LogP contribution is 2.67. The fraction of sp³-hybridized carbons (Fsp3) is 1.00. The van der Waals surface area contributed by atoms with E-state index in [0.29, 0.717) is 35.6 Å². The molecule has 3 N–H and O–H groups in total. The second kappa shape index (κ2) is 7.17. The minimum atomic E-state index is -0.553. The molecule has 2 aliphatic heterocycles. The molecule has 0 aromatic rings. The molecule has 0 amide bonds. The number of hydrogen-bond donors (Lipinski definition) is 3. The van der Waals surface area contributed by atoms with Crippen LogP contribution in [0.2, 0.25) is 0 Å². The SMILES string of the molecule is C[C@@H]1CC[C@@H]2N(C1)C[C@H]1[C@@H]3C[C@@H]4[C@@H](C[C@H](O)[C@H]5C[C@@H](O)CC[C@]45C)[C@H]3CC[C@@H]1[C@]2(C)O. The zero-order valence-electron chi connectivity index (χ0n) is 19.9. The van der Waals surface area contributed by atoms with Gasteiger partial charge in [0.15, 0.2) is 0 Å². The molecule has 0 bridgehead atoms. The zero-order chi connectivity index (χ0) is 21.7. The van der Waals surface area contributed by atoms with Crippen molar-refractivity contribution < 1.29 is 15.3 Å². The van der Waals surface area contributed by atoms with Crippen molar-refractivity contribution in [3.8, 4) is 0 Å². The highest BCUT2D eigenvalue weighted by Gasteiger charge is 2.64. The molecular formula is C27H45NO3. The van der Waals surface area contributed by atoms with Gasteiger partial charge in [-0.3, -0.25) is 4.90 Å². The Morgan fingerprint density at radius 2 is 1.55 bits per heavy atom. The van der Waals surface area contributed by atoms with E-state index in [1.165, 1.54) is 32.2 Å². The molecule has 0 spiro atoms. The zero-order valence-corrected chi connectivity index (χ0v) is 19.9. The van der Waals surface area contributed by atoms with Crippen LogP contribution in [0.3, 0.4) is 0 Å². The van der Waals surface area contributed by atoms with E-state index in [9.17, 15) is 15.3 Å². The van der Waals surface area contributed by atoms with Crippen LogP contribution in [0.25, 0.3) is 0 Å². The molecule has 0 aromatic carbocycles. The Morgan fingerprint density at radius 3 is 2.35 bits per heavy atom. The highest BCUT2D eigenvalue weighted by molar-refractivity contribution is 5.14. The van der Waals surface area contributed by atoms with Crippen LogP contribution < -0.4 is 0 Å². The number of hydrogen-bond acceptors (Lipinski definition) is 4. The van der Waals surface area contributed by atoms with Crippen LogP contribution in [0.5, 0.6) is 0 Å². The number of aliphatic hydroxyl groups excluding tert-OH is 2. The molecule has 31 heavy (non-hydrogen) atoms.